The first kappa shape index (κ1) is 18.7. The van der Waals surface area contributed by atoms with Crippen molar-refractivity contribution in [3.05, 3.63) is 53.9 Å². The zero-order chi connectivity index (χ0) is 19.6. The fourth-order valence-electron chi connectivity index (χ4n) is 2.54. The summed E-state index contributed by atoms with van der Waals surface area (Å²) in [6.07, 6.45) is 1.41. The first-order valence-corrected chi connectivity index (χ1v) is 9.67. The summed E-state index contributed by atoms with van der Waals surface area (Å²) in [5, 5.41) is 8.90. The van der Waals surface area contributed by atoms with E-state index >= 15 is 0 Å². The van der Waals surface area contributed by atoms with E-state index in [-0.39, 0.29) is 17.1 Å². The average molecular weight is 386 g/mol. The van der Waals surface area contributed by atoms with Gasteiger partial charge in [-0.3, -0.25) is 0 Å². The van der Waals surface area contributed by atoms with Crippen LogP contribution in [0.5, 0.6) is 0 Å². The van der Waals surface area contributed by atoms with E-state index in [9.17, 15) is 13.2 Å². The highest BCUT2D eigenvalue weighted by Gasteiger charge is 2.18. The second-order valence-corrected chi connectivity index (χ2v) is 7.35. The molecule has 1 aromatic carbocycles. The van der Waals surface area contributed by atoms with Gasteiger partial charge in [-0.2, -0.15) is 0 Å². The molecule has 0 aliphatic heterocycles. The molecule has 0 fully saturated rings. The van der Waals surface area contributed by atoms with Crippen LogP contribution in [0.1, 0.15) is 23.0 Å². The number of nitrogens with zero attached hydrogens (tertiary/aromatic N) is 2. The van der Waals surface area contributed by atoms with Crippen LogP contribution >= 0.6 is 0 Å². The van der Waals surface area contributed by atoms with Crippen molar-refractivity contribution in [2.75, 3.05) is 11.9 Å². The van der Waals surface area contributed by atoms with E-state index in [1.165, 1.54) is 18.3 Å². The van der Waals surface area contributed by atoms with Gasteiger partial charge >= 0.3 is 5.97 Å². The van der Waals surface area contributed by atoms with Gasteiger partial charge < -0.3 is 10.1 Å². The fourth-order valence-corrected chi connectivity index (χ4v) is 3.06. The molecular formula is C18H18N4O4S. The quantitative estimate of drug-likeness (QED) is 0.646. The van der Waals surface area contributed by atoms with Crippen LogP contribution in [-0.2, 0) is 14.8 Å². The summed E-state index contributed by atoms with van der Waals surface area (Å²) in [5.74, 6) is -0.517. The number of aryl methyl sites for hydroxylation is 1. The fraction of sp³-hybridized carbons (Fsp3) is 0.167. The lowest BCUT2D eigenvalue weighted by Crippen LogP contribution is -2.12. The van der Waals surface area contributed by atoms with Gasteiger partial charge in [0.2, 0.25) is 10.0 Å². The number of hydrogen-bond acceptors (Lipinski definition) is 7. The highest BCUT2D eigenvalue weighted by atomic mass is 32.2. The highest BCUT2D eigenvalue weighted by molar-refractivity contribution is 7.89. The SMILES string of the molecule is CCOC(=O)c1cnc2nc(C)ccc2c1Nc1ccc(S(N)(=O)=O)cc1. The first-order chi connectivity index (χ1) is 12.8. The maximum absolute atomic E-state index is 12.3. The number of anilines is 2. The molecule has 2 aromatic heterocycles. The minimum atomic E-state index is -3.78. The number of primary sulfonamides is 1. The molecule has 8 nitrogen and oxygen atoms in total. The molecule has 0 aliphatic carbocycles. The molecule has 3 aromatic rings. The minimum Gasteiger partial charge on any atom is -0.462 e. The maximum Gasteiger partial charge on any atom is 0.341 e. The molecule has 0 amide bonds. The molecule has 0 aliphatic rings. The van der Waals surface area contributed by atoms with Crippen LogP contribution in [0.25, 0.3) is 11.0 Å². The van der Waals surface area contributed by atoms with Gasteiger partial charge in [-0.25, -0.2) is 28.3 Å². The Balaban J connectivity index is 2.10. The third kappa shape index (κ3) is 4.04. The summed E-state index contributed by atoms with van der Waals surface area (Å²) in [6, 6.07) is 9.51. The Morgan fingerprint density at radius 2 is 1.89 bits per heavy atom. The maximum atomic E-state index is 12.3. The molecule has 0 radical (unpaired) electrons. The summed E-state index contributed by atoms with van der Waals surface area (Å²) >= 11 is 0. The van der Waals surface area contributed by atoms with Crippen LogP contribution in [0, 0.1) is 6.92 Å². The number of nitrogens with two attached hydrogens (primary N) is 1. The molecule has 0 spiro atoms. The number of pyridine rings is 2. The van der Waals surface area contributed by atoms with Crippen molar-refractivity contribution in [3.8, 4) is 0 Å². The number of ether oxygens (including phenoxy) is 1. The normalized spacial score (nSPS) is 11.4. The number of rotatable bonds is 5. The summed E-state index contributed by atoms with van der Waals surface area (Å²) in [7, 11) is -3.78. The molecule has 0 unspecified atom stereocenters. The van der Waals surface area contributed by atoms with E-state index in [4.69, 9.17) is 9.88 Å². The number of benzene rings is 1. The molecule has 2 heterocycles. The van der Waals surface area contributed by atoms with Gasteiger partial charge in [0.05, 0.1) is 17.2 Å². The molecule has 140 valence electrons. The van der Waals surface area contributed by atoms with Crippen molar-refractivity contribution < 1.29 is 17.9 Å². The standard InChI is InChI=1S/C18H18N4O4S/c1-3-26-18(23)15-10-20-17-14(9-4-11(2)21-17)16(15)22-12-5-7-13(8-6-12)27(19,24)25/h4-10H,3H2,1-2H3,(H2,19,24,25)(H,20,21,22). The van der Waals surface area contributed by atoms with E-state index in [0.717, 1.165) is 5.69 Å². The van der Waals surface area contributed by atoms with Gasteiger partial charge in [-0.1, -0.05) is 0 Å². The van der Waals surface area contributed by atoms with Crippen molar-refractivity contribution in [2.24, 2.45) is 5.14 Å². The second kappa shape index (κ2) is 7.29. The van der Waals surface area contributed by atoms with Crippen molar-refractivity contribution >= 4 is 38.4 Å². The van der Waals surface area contributed by atoms with Crippen LogP contribution in [0.3, 0.4) is 0 Å². The van der Waals surface area contributed by atoms with Crippen LogP contribution in [-0.4, -0.2) is 31.0 Å². The van der Waals surface area contributed by atoms with E-state index < -0.39 is 16.0 Å². The number of esters is 1. The molecule has 3 rings (SSSR count). The van der Waals surface area contributed by atoms with E-state index in [2.05, 4.69) is 15.3 Å². The largest absolute Gasteiger partial charge is 0.462 e. The topological polar surface area (TPSA) is 124 Å². The van der Waals surface area contributed by atoms with Gasteiger partial charge in [0.1, 0.15) is 5.56 Å². The average Bonchev–Trinajstić information content (AvgIpc) is 2.61. The smallest absolute Gasteiger partial charge is 0.341 e. The Morgan fingerprint density at radius 1 is 1.19 bits per heavy atom. The van der Waals surface area contributed by atoms with Crippen molar-refractivity contribution in [2.45, 2.75) is 18.7 Å². The van der Waals surface area contributed by atoms with Gasteiger partial charge in [0.25, 0.3) is 0 Å². The van der Waals surface area contributed by atoms with Gasteiger partial charge in [0, 0.05) is 23.0 Å². The number of nitrogens with one attached hydrogen (secondary N) is 1. The molecule has 3 N–H and O–H groups in total. The lowest BCUT2D eigenvalue weighted by Gasteiger charge is -2.14. The summed E-state index contributed by atoms with van der Waals surface area (Å²) in [4.78, 5) is 20.9. The molecule has 9 heteroatoms. The predicted molar refractivity (Wildman–Crippen MR) is 101 cm³/mol. The third-order valence-electron chi connectivity index (χ3n) is 3.82. The number of fused-ring (bicyclic) bond motifs is 1. The Hall–Kier alpha value is -3.04. The number of carbonyl (C=O) groups is 1. The van der Waals surface area contributed by atoms with Crippen molar-refractivity contribution in [1.82, 2.24) is 9.97 Å². The molecular weight excluding hydrogens is 368 g/mol. The second-order valence-electron chi connectivity index (χ2n) is 5.79. The van der Waals surface area contributed by atoms with Crippen LogP contribution in [0.2, 0.25) is 0 Å². The Kier molecular flexibility index (Phi) is 5.06. The van der Waals surface area contributed by atoms with Crippen molar-refractivity contribution in [1.29, 1.82) is 0 Å². The van der Waals surface area contributed by atoms with E-state index in [1.54, 1.807) is 19.1 Å². The van der Waals surface area contributed by atoms with Gasteiger partial charge in [-0.05, 0) is 50.2 Å². The predicted octanol–water partition coefficient (Wildman–Crippen LogP) is 2.51. The Bertz CT molecular complexity index is 1110. The van der Waals surface area contributed by atoms with Gasteiger partial charge in [-0.15, -0.1) is 0 Å². The Morgan fingerprint density at radius 3 is 2.52 bits per heavy atom. The summed E-state index contributed by atoms with van der Waals surface area (Å²) < 4.78 is 27.9. The van der Waals surface area contributed by atoms with E-state index in [1.807, 2.05) is 19.1 Å². The summed E-state index contributed by atoms with van der Waals surface area (Å²) in [5.41, 5.74) is 2.58. The number of carbonyl (C=O) groups excluding carboxylic acids is 1. The monoisotopic (exact) mass is 386 g/mol. The number of hydrogen-bond donors (Lipinski definition) is 2. The summed E-state index contributed by atoms with van der Waals surface area (Å²) in [6.45, 7) is 3.79. The lowest BCUT2D eigenvalue weighted by atomic mass is 10.1. The zero-order valence-electron chi connectivity index (χ0n) is 14.8. The van der Waals surface area contributed by atoms with Crippen LogP contribution in [0.4, 0.5) is 11.4 Å². The third-order valence-corrected chi connectivity index (χ3v) is 4.75. The lowest BCUT2D eigenvalue weighted by molar-refractivity contribution is 0.0527. The molecule has 27 heavy (non-hydrogen) atoms. The molecule has 0 saturated carbocycles. The molecule has 0 atom stereocenters. The molecule has 0 saturated heterocycles. The van der Waals surface area contributed by atoms with Crippen molar-refractivity contribution in [3.63, 3.8) is 0 Å². The minimum absolute atomic E-state index is 0.00413. The number of sulfonamides is 1. The number of aromatic nitrogens is 2. The first-order valence-electron chi connectivity index (χ1n) is 8.13. The highest BCUT2D eigenvalue weighted by Crippen LogP contribution is 2.29. The Labute approximate surface area is 156 Å². The van der Waals surface area contributed by atoms with Gasteiger partial charge in [0.15, 0.2) is 5.65 Å². The van der Waals surface area contributed by atoms with Crippen LogP contribution < -0.4 is 10.5 Å². The molecule has 0 bridgehead atoms. The van der Waals surface area contributed by atoms with Crippen LogP contribution in [0.15, 0.2) is 47.5 Å². The zero-order valence-corrected chi connectivity index (χ0v) is 15.6. The van der Waals surface area contributed by atoms with E-state index in [0.29, 0.717) is 22.4 Å².